The average Bonchev–Trinajstić information content (AvgIpc) is 3.48. The molecule has 1 unspecified atom stereocenters. The van der Waals surface area contributed by atoms with Crippen LogP contribution < -0.4 is 0 Å². The molecule has 4 aromatic rings. The summed E-state index contributed by atoms with van der Waals surface area (Å²) in [6, 6.07) is 9.03. The van der Waals surface area contributed by atoms with Crippen molar-refractivity contribution in [2.24, 2.45) is 5.41 Å². The monoisotopic (exact) mass is 476 g/mol. The summed E-state index contributed by atoms with van der Waals surface area (Å²) in [6.45, 7) is 5.78. The van der Waals surface area contributed by atoms with Crippen LogP contribution in [0.4, 0.5) is 13.2 Å². The van der Waals surface area contributed by atoms with E-state index in [9.17, 15) is 13.2 Å². The number of rotatable bonds is 4. The molecule has 6 rings (SSSR count). The average molecular weight is 477 g/mol. The number of halogens is 3. The number of aromatic nitrogens is 6. The number of nitrogens with zero attached hydrogens (tertiary/aromatic N) is 6. The van der Waals surface area contributed by atoms with Crippen LogP contribution in [0.25, 0.3) is 17.2 Å². The molecule has 1 saturated carbocycles. The van der Waals surface area contributed by atoms with Gasteiger partial charge >= 0.3 is 0 Å². The molecule has 3 aromatic heterocycles. The summed E-state index contributed by atoms with van der Waals surface area (Å²) < 4.78 is 44.1. The molecule has 0 amide bonds. The van der Waals surface area contributed by atoms with Gasteiger partial charge in [0.15, 0.2) is 0 Å². The normalized spacial score (nSPS) is 22.9. The van der Waals surface area contributed by atoms with Gasteiger partial charge in [-0.25, -0.2) is 27.8 Å². The van der Waals surface area contributed by atoms with E-state index < -0.39 is 23.2 Å². The molecular weight excluding hydrogens is 453 g/mol. The lowest BCUT2D eigenvalue weighted by atomic mass is 9.66. The van der Waals surface area contributed by atoms with Crippen LogP contribution in [0.2, 0.25) is 0 Å². The summed E-state index contributed by atoms with van der Waals surface area (Å²) in [7, 11) is 0. The molecule has 1 aromatic carbocycles. The van der Waals surface area contributed by atoms with E-state index in [0.717, 1.165) is 29.8 Å². The predicted octanol–water partition coefficient (Wildman–Crippen LogP) is 5.63. The zero-order chi connectivity index (χ0) is 24.5. The third kappa shape index (κ3) is 2.93. The molecule has 9 heteroatoms. The molecule has 35 heavy (non-hydrogen) atoms. The van der Waals surface area contributed by atoms with Crippen molar-refractivity contribution in [3.05, 3.63) is 83.1 Å². The minimum absolute atomic E-state index is 0.128. The highest BCUT2D eigenvalue weighted by atomic mass is 19.1. The third-order valence-corrected chi connectivity index (χ3v) is 7.90. The van der Waals surface area contributed by atoms with Gasteiger partial charge in [0.05, 0.1) is 33.8 Å². The topological polar surface area (TPSA) is 69.4 Å². The van der Waals surface area contributed by atoms with Gasteiger partial charge in [-0.2, -0.15) is 10.2 Å². The Balaban J connectivity index is 1.49. The van der Waals surface area contributed by atoms with Crippen LogP contribution in [0.15, 0.2) is 48.8 Å². The van der Waals surface area contributed by atoms with Crippen molar-refractivity contribution in [3.8, 4) is 17.2 Å². The van der Waals surface area contributed by atoms with E-state index in [4.69, 9.17) is 4.98 Å². The Morgan fingerprint density at radius 2 is 1.86 bits per heavy atom. The standard InChI is InChI=1S/C26H23F3N6/c1-14(27)19-9-12-35(34-19)24-30-11-8-21(31-24)26-10-7-16(25(26,2)3)15-13-20(32-33-23(15)26)22-17(28)5-4-6-18(22)29/h4-6,8-9,11-14,16H,7,10H2,1-3H3/t14?,16-,26-/m0/s1. The second-order valence-electron chi connectivity index (χ2n) is 9.89. The molecule has 3 heterocycles. The van der Waals surface area contributed by atoms with Crippen molar-refractivity contribution in [3.63, 3.8) is 0 Å². The first kappa shape index (κ1) is 21.9. The highest BCUT2D eigenvalue weighted by Crippen LogP contribution is 2.69. The summed E-state index contributed by atoms with van der Waals surface area (Å²) in [5, 5.41) is 13.1. The summed E-state index contributed by atoms with van der Waals surface area (Å²) in [4.78, 5) is 9.21. The van der Waals surface area contributed by atoms with Crippen LogP contribution in [0.3, 0.4) is 0 Å². The summed E-state index contributed by atoms with van der Waals surface area (Å²) in [6.07, 6.45) is 3.81. The van der Waals surface area contributed by atoms with Gasteiger partial charge in [0, 0.05) is 12.4 Å². The first-order chi connectivity index (χ1) is 16.7. The molecule has 2 aliphatic carbocycles. The molecule has 0 radical (unpaired) electrons. The smallest absolute Gasteiger partial charge is 0.241 e. The van der Waals surface area contributed by atoms with Crippen LogP contribution >= 0.6 is 0 Å². The second-order valence-corrected chi connectivity index (χ2v) is 9.89. The molecule has 6 nitrogen and oxygen atoms in total. The van der Waals surface area contributed by atoms with Crippen LogP contribution in [-0.2, 0) is 5.41 Å². The van der Waals surface area contributed by atoms with E-state index >= 15 is 0 Å². The van der Waals surface area contributed by atoms with Crippen LogP contribution in [0.5, 0.6) is 0 Å². The largest absolute Gasteiger partial charge is 0.250 e. The van der Waals surface area contributed by atoms with Crippen molar-refractivity contribution >= 4 is 0 Å². The van der Waals surface area contributed by atoms with Gasteiger partial charge in [-0.15, -0.1) is 5.10 Å². The summed E-state index contributed by atoms with van der Waals surface area (Å²) in [5.74, 6) is -0.866. The fourth-order valence-electron chi connectivity index (χ4n) is 6.11. The number of benzene rings is 1. The molecule has 2 bridgehead atoms. The van der Waals surface area contributed by atoms with Gasteiger partial charge < -0.3 is 0 Å². The highest BCUT2D eigenvalue weighted by molar-refractivity contribution is 5.64. The molecular formula is C26H23F3N6. The first-order valence-corrected chi connectivity index (χ1v) is 11.6. The molecule has 0 spiro atoms. The van der Waals surface area contributed by atoms with Gasteiger partial charge in [0.1, 0.15) is 17.8 Å². The zero-order valence-corrected chi connectivity index (χ0v) is 19.5. The predicted molar refractivity (Wildman–Crippen MR) is 123 cm³/mol. The van der Waals surface area contributed by atoms with Gasteiger partial charge in [-0.1, -0.05) is 19.9 Å². The number of hydrogen-bond acceptors (Lipinski definition) is 5. The minimum Gasteiger partial charge on any atom is -0.241 e. The van der Waals surface area contributed by atoms with Crippen molar-refractivity contribution in [1.82, 2.24) is 29.9 Å². The van der Waals surface area contributed by atoms with E-state index in [0.29, 0.717) is 11.6 Å². The Labute approximate surface area is 200 Å². The van der Waals surface area contributed by atoms with Gasteiger partial charge in [0.2, 0.25) is 0 Å². The number of alkyl halides is 1. The van der Waals surface area contributed by atoms with E-state index in [1.165, 1.54) is 29.8 Å². The Bertz CT molecular complexity index is 1440. The Morgan fingerprint density at radius 3 is 2.57 bits per heavy atom. The molecule has 0 saturated heterocycles. The number of fused-ring (bicyclic) bond motifs is 5. The lowest BCUT2D eigenvalue weighted by molar-refractivity contribution is 0.242. The number of hydrogen-bond donors (Lipinski definition) is 0. The van der Waals surface area contributed by atoms with Crippen molar-refractivity contribution in [2.75, 3.05) is 0 Å². The lowest BCUT2D eigenvalue weighted by Crippen LogP contribution is -2.38. The second kappa shape index (κ2) is 7.44. The zero-order valence-electron chi connectivity index (χ0n) is 19.5. The fraction of sp³-hybridized carbons (Fsp3) is 0.346. The maximum atomic E-state index is 14.5. The fourth-order valence-corrected chi connectivity index (χ4v) is 6.11. The molecule has 0 aliphatic heterocycles. The van der Waals surface area contributed by atoms with Crippen molar-refractivity contribution in [1.29, 1.82) is 0 Å². The van der Waals surface area contributed by atoms with E-state index in [2.05, 4.69) is 34.1 Å². The van der Waals surface area contributed by atoms with Gasteiger partial charge in [-0.05, 0) is 67.0 Å². The lowest BCUT2D eigenvalue weighted by Gasteiger charge is -2.37. The molecule has 3 atom stereocenters. The molecule has 1 fully saturated rings. The maximum Gasteiger partial charge on any atom is 0.250 e. The molecule has 2 aliphatic rings. The van der Waals surface area contributed by atoms with E-state index in [-0.39, 0.29) is 22.6 Å². The van der Waals surface area contributed by atoms with E-state index in [1.54, 1.807) is 24.5 Å². The third-order valence-electron chi connectivity index (χ3n) is 7.90. The Kier molecular flexibility index (Phi) is 4.65. The highest BCUT2D eigenvalue weighted by Gasteiger charge is 2.65. The van der Waals surface area contributed by atoms with Gasteiger partial charge in [0.25, 0.3) is 5.95 Å². The van der Waals surface area contributed by atoms with Gasteiger partial charge in [-0.3, -0.25) is 0 Å². The molecule has 0 N–H and O–H groups in total. The van der Waals surface area contributed by atoms with Crippen LogP contribution in [-0.4, -0.2) is 29.9 Å². The quantitative estimate of drug-likeness (QED) is 0.382. The molecule has 178 valence electrons. The van der Waals surface area contributed by atoms with Crippen LogP contribution in [0.1, 0.15) is 68.3 Å². The van der Waals surface area contributed by atoms with E-state index in [1.807, 2.05) is 6.07 Å². The summed E-state index contributed by atoms with van der Waals surface area (Å²) >= 11 is 0. The van der Waals surface area contributed by atoms with Crippen molar-refractivity contribution < 1.29 is 13.2 Å². The Hall–Kier alpha value is -3.62. The SMILES string of the molecule is CC(F)c1ccn(-c2nccc([C@@]34CC[C@@H](c5cc(-c6c(F)cccc6F)nnc53)C4(C)C)n2)n1. The Morgan fingerprint density at radius 1 is 1.09 bits per heavy atom. The van der Waals surface area contributed by atoms with Crippen LogP contribution in [0, 0.1) is 17.0 Å². The van der Waals surface area contributed by atoms with Crippen molar-refractivity contribution in [2.45, 2.75) is 51.1 Å². The first-order valence-electron chi connectivity index (χ1n) is 11.6. The maximum absolute atomic E-state index is 14.5. The summed E-state index contributed by atoms with van der Waals surface area (Å²) in [5.41, 5.74) is 2.01. The minimum atomic E-state index is -1.20.